The molecule has 2 heterocycles. The van der Waals surface area contributed by atoms with Crippen LogP contribution in [0.2, 0.25) is 0 Å². The lowest BCUT2D eigenvalue weighted by Gasteiger charge is -2.11. The first-order valence-corrected chi connectivity index (χ1v) is 7.71. The quantitative estimate of drug-likeness (QED) is 0.601. The Balaban J connectivity index is 1.78. The van der Waals surface area contributed by atoms with Crippen molar-refractivity contribution in [3.8, 4) is 0 Å². The zero-order valence-corrected chi connectivity index (χ0v) is 13.1. The molecule has 2 N–H and O–H groups in total. The average Bonchev–Trinajstić information content (AvgIpc) is 3.25. The number of benzene rings is 2. The lowest BCUT2D eigenvalue weighted by Crippen LogP contribution is -2.18. The molecule has 0 fully saturated rings. The van der Waals surface area contributed by atoms with E-state index in [9.17, 15) is 9.18 Å². The second-order valence-electron chi connectivity index (χ2n) is 5.55. The lowest BCUT2D eigenvalue weighted by atomic mass is 10.2. The number of halogens is 1. The van der Waals surface area contributed by atoms with Gasteiger partial charge in [0.05, 0.1) is 6.54 Å². The van der Waals surface area contributed by atoms with Crippen LogP contribution in [0.1, 0.15) is 16.1 Å². The molecule has 0 aliphatic rings. The van der Waals surface area contributed by atoms with Gasteiger partial charge >= 0.3 is 0 Å². The number of hydrogen-bond acceptors (Lipinski definition) is 3. The standard InChI is InChI=1S/C18H14FN5O/c19-14-7-3-1-6-13(14)10-24-15-8-4-2-5-12(15)9-16(24)17(25)22-18-20-11-21-23-18/h1-9,11H,10H2,(H2,20,21,22,23,25). The summed E-state index contributed by atoms with van der Waals surface area (Å²) in [6, 6.07) is 15.9. The fourth-order valence-electron chi connectivity index (χ4n) is 2.80. The van der Waals surface area contributed by atoms with Gasteiger partial charge in [0.2, 0.25) is 5.95 Å². The highest BCUT2D eigenvalue weighted by atomic mass is 19.1. The molecule has 0 bridgehead atoms. The zero-order valence-electron chi connectivity index (χ0n) is 13.1. The van der Waals surface area contributed by atoms with Crippen LogP contribution >= 0.6 is 0 Å². The molecule has 4 rings (SSSR count). The Morgan fingerprint density at radius 2 is 1.96 bits per heavy atom. The lowest BCUT2D eigenvalue weighted by molar-refractivity contribution is 0.101. The number of anilines is 1. The van der Waals surface area contributed by atoms with Crippen LogP contribution in [0.5, 0.6) is 0 Å². The maximum absolute atomic E-state index is 14.1. The molecule has 2 aromatic carbocycles. The van der Waals surface area contributed by atoms with E-state index in [-0.39, 0.29) is 24.2 Å². The van der Waals surface area contributed by atoms with Crippen LogP contribution < -0.4 is 5.32 Å². The molecule has 0 aliphatic heterocycles. The summed E-state index contributed by atoms with van der Waals surface area (Å²) >= 11 is 0. The summed E-state index contributed by atoms with van der Waals surface area (Å²) in [5.41, 5.74) is 1.78. The van der Waals surface area contributed by atoms with E-state index in [1.165, 1.54) is 12.4 Å². The van der Waals surface area contributed by atoms with E-state index in [1.807, 2.05) is 24.3 Å². The number of carbonyl (C=O) groups excluding carboxylic acids is 1. The number of aromatic amines is 1. The Morgan fingerprint density at radius 1 is 1.16 bits per heavy atom. The van der Waals surface area contributed by atoms with Gasteiger partial charge in [0.25, 0.3) is 5.91 Å². The molecule has 0 aliphatic carbocycles. The number of rotatable bonds is 4. The van der Waals surface area contributed by atoms with Crippen LogP contribution in [-0.2, 0) is 6.54 Å². The van der Waals surface area contributed by atoms with Crippen molar-refractivity contribution in [2.45, 2.75) is 6.54 Å². The molecule has 0 radical (unpaired) electrons. The van der Waals surface area contributed by atoms with Gasteiger partial charge in [-0.3, -0.25) is 10.1 Å². The Hall–Kier alpha value is -3.48. The molecular formula is C18H14FN5O. The first-order valence-electron chi connectivity index (χ1n) is 7.71. The third-order valence-corrected chi connectivity index (χ3v) is 3.98. The Bertz CT molecular complexity index is 1040. The third-order valence-electron chi connectivity index (χ3n) is 3.98. The highest BCUT2D eigenvalue weighted by molar-refractivity contribution is 6.05. The maximum atomic E-state index is 14.1. The number of hydrogen-bond donors (Lipinski definition) is 2. The van der Waals surface area contributed by atoms with E-state index < -0.39 is 0 Å². The zero-order chi connectivity index (χ0) is 17.2. The third kappa shape index (κ3) is 2.87. The fourth-order valence-corrected chi connectivity index (χ4v) is 2.80. The predicted molar refractivity (Wildman–Crippen MR) is 91.8 cm³/mol. The number of nitrogens with one attached hydrogen (secondary N) is 2. The van der Waals surface area contributed by atoms with Crippen molar-refractivity contribution >= 4 is 22.8 Å². The highest BCUT2D eigenvalue weighted by Gasteiger charge is 2.17. The molecule has 0 atom stereocenters. The van der Waals surface area contributed by atoms with Gasteiger partial charge in [-0.15, -0.1) is 0 Å². The summed E-state index contributed by atoms with van der Waals surface area (Å²) in [4.78, 5) is 16.6. The second-order valence-corrected chi connectivity index (χ2v) is 5.55. The number of para-hydroxylation sites is 1. The summed E-state index contributed by atoms with van der Waals surface area (Å²) in [6.45, 7) is 0.249. The van der Waals surface area contributed by atoms with E-state index in [4.69, 9.17) is 0 Å². The van der Waals surface area contributed by atoms with Gasteiger partial charge in [0.15, 0.2) is 0 Å². The minimum atomic E-state index is -0.343. The molecule has 7 heteroatoms. The van der Waals surface area contributed by atoms with Crippen molar-refractivity contribution in [1.82, 2.24) is 19.7 Å². The van der Waals surface area contributed by atoms with Gasteiger partial charge in [-0.25, -0.2) is 9.49 Å². The Labute approximate surface area is 142 Å². The van der Waals surface area contributed by atoms with E-state index >= 15 is 0 Å². The topological polar surface area (TPSA) is 75.6 Å². The van der Waals surface area contributed by atoms with Crippen LogP contribution in [0, 0.1) is 5.82 Å². The summed E-state index contributed by atoms with van der Waals surface area (Å²) in [6.07, 6.45) is 1.31. The molecule has 0 saturated heterocycles. The van der Waals surface area contributed by atoms with Crippen molar-refractivity contribution in [2.75, 3.05) is 5.32 Å². The van der Waals surface area contributed by atoms with Crippen molar-refractivity contribution in [2.24, 2.45) is 0 Å². The second kappa shape index (κ2) is 6.20. The Kier molecular flexibility index (Phi) is 3.74. The Morgan fingerprint density at radius 3 is 2.76 bits per heavy atom. The number of H-pyrrole nitrogens is 1. The molecule has 4 aromatic rings. The number of carbonyl (C=O) groups is 1. The molecule has 0 saturated carbocycles. The van der Waals surface area contributed by atoms with E-state index in [1.54, 1.807) is 28.8 Å². The SMILES string of the molecule is O=C(Nc1ncn[nH]1)c1cc2ccccc2n1Cc1ccccc1F. The molecule has 0 unspecified atom stereocenters. The number of amides is 1. The molecule has 25 heavy (non-hydrogen) atoms. The molecular weight excluding hydrogens is 321 g/mol. The summed E-state index contributed by atoms with van der Waals surface area (Å²) < 4.78 is 15.9. The molecule has 124 valence electrons. The molecule has 0 spiro atoms. The van der Waals surface area contributed by atoms with Gasteiger partial charge < -0.3 is 4.57 Å². The van der Waals surface area contributed by atoms with Gasteiger partial charge in [0.1, 0.15) is 17.8 Å². The van der Waals surface area contributed by atoms with Crippen LogP contribution in [0.4, 0.5) is 10.3 Å². The summed E-state index contributed by atoms with van der Waals surface area (Å²) in [7, 11) is 0. The van der Waals surface area contributed by atoms with Crippen LogP contribution in [-0.4, -0.2) is 25.7 Å². The first-order chi connectivity index (χ1) is 12.2. The van der Waals surface area contributed by atoms with Crippen molar-refractivity contribution in [3.63, 3.8) is 0 Å². The van der Waals surface area contributed by atoms with Gasteiger partial charge in [-0.2, -0.15) is 10.1 Å². The van der Waals surface area contributed by atoms with Gasteiger partial charge in [-0.1, -0.05) is 36.4 Å². The largest absolute Gasteiger partial charge is 0.332 e. The van der Waals surface area contributed by atoms with E-state index in [2.05, 4.69) is 20.5 Å². The predicted octanol–water partition coefficient (Wildman–Crippen LogP) is 3.20. The number of aromatic nitrogens is 4. The van der Waals surface area contributed by atoms with E-state index in [0.717, 1.165) is 10.9 Å². The summed E-state index contributed by atoms with van der Waals surface area (Å²) in [5, 5.41) is 9.86. The van der Waals surface area contributed by atoms with E-state index in [0.29, 0.717) is 11.3 Å². The minimum absolute atomic E-state index is 0.249. The smallest absolute Gasteiger partial charge is 0.274 e. The maximum Gasteiger partial charge on any atom is 0.274 e. The molecule has 2 aromatic heterocycles. The average molecular weight is 335 g/mol. The normalized spacial score (nSPS) is 10.9. The fraction of sp³-hybridized carbons (Fsp3) is 0.0556. The van der Waals surface area contributed by atoms with Crippen molar-refractivity contribution in [3.05, 3.63) is 78.0 Å². The number of nitrogens with zero attached hydrogens (tertiary/aromatic N) is 3. The van der Waals surface area contributed by atoms with Crippen molar-refractivity contribution < 1.29 is 9.18 Å². The van der Waals surface area contributed by atoms with Crippen LogP contribution in [0.15, 0.2) is 60.9 Å². The first kappa shape index (κ1) is 15.1. The molecule has 6 nitrogen and oxygen atoms in total. The highest BCUT2D eigenvalue weighted by Crippen LogP contribution is 2.22. The van der Waals surface area contributed by atoms with Crippen molar-refractivity contribution in [1.29, 1.82) is 0 Å². The van der Waals surface area contributed by atoms with Gasteiger partial charge in [-0.05, 0) is 18.2 Å². The molecule has 1 amide bonds. The summed E-state index contributed by atoms with van der Waals surface area (Å²) in [5.74, 6) is -0.390. The van der Waals surface area contributed by atoms with Crippen LogP contribution in [0.3, 0.4) is 0 Å². The van der Waals surface area contributed by atoms with Crippen LogP contribution in [0.25, 0.3) is 10.9 Å². The number of fused-ring (bicyclic) bond motifs is 1. The van der Waals surface area contributed by atoms with Gasteiger partial charge in [0, 0.05) is 16.5 Å². The minimum Gasteiger partial charge on any atom is -0.332 e. The monoisotopic (exact) mass is 335 g/mol.